The summed E-state index contributed by atoms with van der Waals surface area (Å²) in [7, 11) is -4.53. The number of hydrogen-bond acceptors (Lipinski definition) is 19. The standard InChI is InChI=1S/C47H27N3O14S3/c1-47(23-2-8-26(9-3-23)62-65-29-14-17-35-32(20-29)41(51)38(48)44(54)59-35,24-4-10-27(11-5-24)63-66-30-15-18-36-33(21-30)42(52)39(49)45(55)60-36)25-6-12-28(13-7-25)64-67(57,58)31-16-19-37-34(22-31)43(53)40(50)46(56)61-37/h2-22,48-50H,1H3. The summed E-state index contributed by atoms with van der Waals surface area (Å²) in [5.41, 5.74) is -1.33. The number of ketones is 3. The van der Waals surface area contributed by atoms with Gasteiger partial charge in [-0.1, -0.05) is 36.4 Å². The fourth-order valence-corrected chi connectivity index (χ4v) is 9.26. The number of carbonyl (C=O) groups is 6. The molecule has 3 aliphatic rings. The summed E-state index contributed by atoms with van der Waals surface area (Å²) in [5, 5.41) is 23.1. The van der Waals surface area contributed by atoms with Crippen LogP contribution in [0.5, 0.6) is 34.5 Å². The van der Waals surface area contributed by atoms with Gasteiger partial charge >= 0.3 is 28.0 Å². The molecule has 0 radical (unpaired) electrons. The van der Waals surface area contributed by atoms with E-state index in [0.29, 0.717) is 26.9 Å². The van der Waals surface area contributed by atoms with E-state index in [2.05, 4.69) is 0 Å². The van der Waals surface area contributed by atoms with Crippen LogP contribution >= 0.6 is 24.1 Å². The molecule has 3 heterocycles. The molecule has 0 amide bonds. The van der Waals surface area contributed by atoms with E-state index in [1.807, 2.05) is 31.2 Å². The number of benzene rings is 6. The van der Waals surface area contributed by atoms with Crippen molar-refractivity contribution in [3.05, 3.63) is 161 Å². The van der Waals surface area contributed by atoms with Crippen LogP contribution < -0.4 is 26.8 Å². The van der Waals surface area contributed by atoms with Crippen molar-refractivity contribution in [3.63, 3.8) is 0 Å². The molecule has 332 valence electrons. The third-order valence-corrected chi connectivity index (χ3v) is 13.4. The predicted molar refractivity (Wildman–Crippen MR) is 238 cm³/mol. The fourth-order valence-electron chi connectivity index (χ4n) is 7.12. The van der Waals surface area contributed by atoms with Crippen molar-refractivity contribution in [2.45, 2.75) is 27.0 Å². The van der Waals surface area contributed by atoms with Crippen molar-refractivity contribution >= 4 is 86.6 Å². The van der Waals surface area contributed by atoms with Crippen LogP contribution in [0.2, 0.25) is 0 Å². The van der Waals surface area contributed by atoms with E-state index in [1.54, 1.807) is 48.5 Å². The van der Waals surface area contributed by atoms with E-state index in [-0.39, 0.29) is 39.7 Å². The summed E-state index contributed by atoms with van der Waals surface area (Å²) >= 11 is 1.89. The number of carbonyl (C=O) groups excluding carboxylic acids is 6. The first-order valence-corrected chi connectivity index (χ1v) is 22.3. The molecule has 0 unspecified atom stereocenters. The SMILES string of the molecule is CC(c1ccc(OSc2ccc3c(c2)C(=O)C(=N)C(=O)O3)cc1)(c1ccc(OSc2ccc3c(c2)C(=O)C(=N)C(=O)O3)cc1)c1ccc(OS(=O)(=O)c2ccc3c(c2)C(=O)C(=N)C(=O)O3)cc1. The highest BCUT2D eigenvalue weighted by Crippen LogP contribution is 2.42. The van der Waals surface area contributed by atoms with Crippen LogP contribution in [-0.2, 0) is 29.9 Å². The van der Waals surface area contributed by atoms with Gasteiger partial charge in [-0.25, -0.2) is 14.4 Å². The average Bonchev–Trinajstić information content (AvgIpc) is 3.33. The van der Waals surface area contributed by atoms with E-state index in [4.69, 9.17) is 43.0 Å². The van der Waals surface area contributed by atoms with Crippen LogP contribution in [0.15, 0.2) is 142 Å². The van der Waals surface area contributed by atoms with Gasteiger partial charge < -0.3 is 26.8 Å². The maximum absolute atomic E-state index is 13.4. The van der Waals surface area contributed by atoms with Crippen LogP contribution in [0.1, 0.15) is 54.7 Å². The van der Waals surface area contributed by atoms with Gasteiger partial charge in [-0.05, 0) is 115 Å². The number of Topliss-reactive ketones (excluding diaryl/α,β-unsaturated/α-hetero) is 3. The molecule has 0 bridgehead atoms. The fraction of sp³-hybridized carbons (Fsp3) is 0.0426. The van der Waals surface area contributed by atoms with Crippen molar-refractivity contribution in [1.29, 1.82) is 16.2 Å². The quantitative estimate of drug-likeness (QED) is 0.0356. The average molecular weight is 954 g/mol. The monoisotopic (exact) mass is 953 g/mol. The molecule has 20 heteroatoms. The molecule has 9 rings (SSSR count). The number of nitrogens with one attached hydrogen (secondary N) is 3. The topological polar surface area (TPSA) is 263 Å². The van der Waals surface area contributed by atoms with E-state index in [0.717, 1.165) is 53.4 Å². The predicted octanol–water partition coefficient (Wildman–Crippen LogP) is 7.35. The van der Waals surface area contributed by atoms with Gasteiger partial charge in [-0.2, -0.15) is 8.42 Å². The molecular weight excluding hydrogens is 927 g/mol. The van der Waals surface area contributed by atoms with Crippen LogP contribution in [0.3, 0.4) is 0 Å². The molecular formula is C47H27N3O14S3. The summed E-state index contributed by atoms with van der Waals surface area (Å²) in [6, 6.07) is 32.9. The minimum atomic E-state index is -4.53. The summed E-state index contributed by atoms with van der Waals surface area (Å²) in [5.74, 6) is -4.96. The number of esters is 3. The first-order chi connectivity index (χ1) is 32.0. The molecule has 6 aromatic carbocycles. The van der Waals surface area contributed by atoms with E-state index >= 15 is 0 Å². The molecule has 6 aromatic rings. The second-order valence-electron chi connectivity index (χ2n) is 14.8. The molecule has 0 fully saturated rings. The lowest BCUT2D eigenvalue weighted by Crippen LogP contribution is -2.33. The smallest absolute Gasteiger partial charge is 0.365 e. The van der Waals surface area contributed by atoms with Crippen LogP contribution in [0, 0.1) is 16.2 Å². The second kappa shape index (κ2) is 17.0. The van der Waals surface area contributed by atoms with Crippen molar-refractivity contribution in [1.82, 2.24) is 0 Å². The lowest BCUT2D eigenvalue weighted by molar-refractivity contribution is -0.128. The first-order valence-electron chi connectivity index (χ1n) is 19.4. The van der Waals surface area contributed by atoms with Gasteiger partial charge in [0.25, 0.3) is 0 Å². The molecule has 67 heavy (non-hydrogen) atoms. The Morgan fingerprint density at radius 2 is 0.806 bits per heavy atom. The Labute approximate surface area is 387 Å². The molecule has 3 aliphatic heterocycles. The summed E-state index contributed by atoms with van der Waals surface area (Å²) in [6.45, 7) is 1.95. The van der Waals surface area contributed by atoms with Gasteiger partial charge in [0.1, 0.15) is 39.4 Å². The van der Waals surface area contributed by atoms with Crippen molar-refractivity contribution < 1.29 is 63.9 Å². The highest BCUT2D eigenvalue weighted by atomic mass is 32.2. The molecule has 3 N–H and O–H groups in total. The molecule has 0 aliphatic carbocycles. The minimum absolute atomic E-state index is 0.0498. The van der Waals surface area contributed by atoms with Gasteiger partial charge in [0.2, 0.25) is 17.3 Å². The zero-order chi connectivity index (χ0) is 47.4. The summed E-state index contributed by atoms with van der Waals surface area (Å²) in [6.07, 6.45) is 0. The first kappa shape index (κ1) is 44.0. The third kappa shape index (κ3) is 8.24. The zero-order valence-electron chi connectivity index (χ0n) is 34.1. The lowest BCUT2D eigenvalue weighted by Gasteiger charge is -2.32. The minimum Gasteiger partial charge on any atom is -0.421 e. The second-order valence-corrected chi connectivity index (χ2v) is 18.0. The molecule has 0 saturated heterocycles. The Hall–Kier alpha value is -8.20. The Balaban J connectivity index is 0.973. The highest BCUT2D eigenvalue weighted by molar-refractivity contribution is 7.95. The van der Waals surface area contributed by atoms with Crippen LogP contribution in [0.4, 0.5) is 0 Å². The third-order valence-electron chi connectivity index (χ3n) is 10.7. The van der Waals surface area contributed by atoms with Gasteiger partial charge in [-0.3, -0.25) is 30.6 Å². The Morgan fingerprint density at radius 3 is 1.19 bits per heavy atom. The molecule has 0 saturated carbocycles. The van der Waals surface area contributed by atoms with Crippen molar-refractivity contribution in [3.8, 4) is 34.5 Å². The Morgan fingerprint density at radius 1 is 0.463 bits per heavy atom. The molecule has 0 aromatic heterocycles. The van der Waals surface area contributed by atoms with Gasteiger partial charge in [0.05, 0.1) is 40.8 Å². The van der Waals surface area contributed by atoms with Crippen molar-refractivity contribution in [2.75, 3.05) is 0 Å². The molecule has 17 nitrogen and oxygen atoms in total. The number of rotatable bonds is 12. The normalized spacial score (nSPS) is 15.3. The van der Waals surface area contributed by atoms with E-state index in [9.17, 15) is 37.2 Å². The lowest BCUT2D eigenvalue weighted by atomic mass is 9.71. The maximum atomic E-state index is 13.4. The number of ether oxygens (including phenoxy) is 3. The number of fused-ring (bicyclic) bond motifs is 3. The van der Waals surface area contributed by atoms with Gasteiger partial charge in [0, 0.05) is 15.2 Å². The summed E-state index contributed by atoms with van der Waals surface area (Å²) < 4.78 is 59.3. The van der Waals surface area contributed by atoms with Crippen molar-refractivity contribution in [2.24, 2.45) is 0 Å². The Kier molecular flexibility index (Phi) is 11.2. The highest BCUT2D eigenvalue weighted by Gasteiger charge is 2.36. The van der Waals surface area contributed by atoms with Gasteiger partial charge in [-0.15, -0.1) is 0 Å². The van der Waals surface area contributed by atoms with Gasteiger partial charge in [0.15, 0.2) is 17.1 Å². The Bertz CT molecular complexity index is 3200. The number of hydrogen-bond donors (Lipinski definition) is 3. The maximum Gasteiger partial charge on any atom is 0.365 e. The van der Waals surface area contributed by atoms with E-state index < -0.39 is 72.8 Å². The summed E-state index contributed by atoms with van der Waals surface area (Å²) in [4.78, 5) is 73.6. The zero-order valence-corrected chi connectivity index (χ0v) is 36.5. The molecule has 0 atom stereocenters. The van der Waals surface area contributed by atoms with Crippen LogP contribution in [0.25, 0.3) is 0 Å². The van der Waals surface area contributed by atoms with E-state index in [1.165, 1.54) is 36.4 Å². The molecule has 0 spiro atoms. The van der Waals surface area contributed by atoms with Crippen LogP contribution in [-0.4, -0.2) is 60.8 Å². The largest absolute Gasteiger partial charge is 0.421 e.